The lowest BCUT2D eigenvalue weighted by molar-refractivity contribution is -0.130. The van der Waals surface area contributed by atoms with Crippen molar-refractivity contribution >= 4 is 29.4 Å². The van der Waals surface area contributed by atoms with Gasteiger partial charge < -0.3 is 20.5 Å². The van der Waals surface area contributed by atoms with Crippen LogP contribution in [-0.2, 0) is 14.3 Å². The number of halogens is 1. The van der Waals surface area contributed by atoms with E-state index in [4.69, 9.17) is 16.3 Å². The number of esters is 1. The minimum Gasteiger partial charge on any atom is -0.507 e. The fourth-order valence-electron chi connectivity index (χ4n) is 1.63. The highest BCUT2D eigenvalue weighted by molar-refractivity contribution is 6.31. The van der Waals surface area contributed by atoms with Crippen molar-refractivity contribution in [2.75, 3.05) is 13.2 Å². The van der Waals surface area contributed by atoms with Crippen molar-refractivity contribution in [1.29, 1.82) is 0 Å². The third kappa shape index (κ3) is 6.15. The van der Waals surface area contributed by atoms with E-state index in [1.807, 2.05) is 6.92 Å². The molecule has 0 spiro atoms. The zero-order valence-corrected chi connectivity index (χ0v) is 13.6. The standard InChI is InChI=1S/C15H19ClN2O5/c1-3-6-17-14(21)9(2)18-13(20)8-23-15(22)11-7-10(16)4-5-12(11)19/h4-5,7,9,19H,3,6,8H2,1-2H3,(H,17,21)(H,18,20)/t9-/m1/s1. The van der Waals surface area contributed by atoms with Gasteiger partial charge in [-0.25, -0.2) is 4.79 Å². The van der Waals surface area contributed by atoms with Gasteiger partial charge in [0.15, 0.2) is 6.61 Å². The molecule has 23 heavy (non-hydrogen) atoms. The summed E-state index contributed by atoms with van der Waals surface area (Å²) in [6, 6.07) is 3.15. The quantitative estimate of drug-likeness (QED) is 0.646. The van der Waals surface area contributed by atoms with Gasteiger partial charge >= 0.3 is 5.97 Å². The summed E-state index contributed by atoms with van der Waals surface area (Å²) in [6.07, 6.45) is 0.785. The molecule has 0 heterocycles. The highest BCUT2D eigenvalue weighted by Crippen LogP contribution is 2.22. The van der Waals surface area contributed by atoms with Crippen LogP contribution in [0.1, 0.15) is 30.6 Å². The molecule has 1 aromatic rings. The molecule has 0 saturated carbocycles. The number of phenolic OH excluding ortho intramolecular Hbond substituents is 1. The zero-order chi connectivity index (χ0) is 17.4. The minimum atomic E-state index is -0.886. The molecular formula is C15H19ClN2O5. The van der Waals surface area contributed by atoms with E-state index in [9.17, 15) is 19.5 Å². The number of benzene rings is 1. The fourth-order valence-corrected chi connectivity index (χ4v) is 1.80. The second-order valence-corrected chi connectivity index (χ2v) is 5.25. The second kappa shape index (κ2) is 8.99. The van der Waals surface area contributed by atoms with Gasteiger partial charge in [0.1, 0.15) is 17.4 Å². The van der Waals surface area contributed by atoms with Crippen LogP contribution in [0.3, 0.4) is 0 Å². The molecule has 0 aromatic heterocycles. The molecule has 3 N–H and O–H groups in total. The molecule has 0 fully saturated rings. The number of hydrogen-bond acceptors (Lipinski definition) is 5. The van der Waals surface area contributed by atoms with E-state index in [0.29, 0.717) is 6.54 Å². The number of rotatable bonds is 7. The number of carbonyl (C=O) groups is 3. The Bertz CT molecular complexity index is 591. The van der Waals surface area contributed by atoms with Gasteiger partial charge in [0, 0.05) is 11.6 Å². The van der Waals surface area contributed by atoms with Crippen molar-refractivity contribution in [1.82, 2.24) is 10.6 Å². The number of phenols is 1. The summed E-state index contributed by atoms with van der Waals surface area (Å²) in [4.78, 5) is 35.0. The lowest BCUT2D eigenvalue weighted by Gasteiger charge is -2.14. The second-order valence-electron chi connectivity index (χ2n) is 4.82. The van der Waals surface area contributed by atoms with Crippen LogP contribution < -0.4 is 10.6 Å². The first kappa shape index (κ1) is 18.8. The Morgan fingerprint density at radius 3 is 2.70 bits per heavy atom. The summed E-state index contributed by atoms with van der Waals surface area (Å²) < 4.78 is 4.79. The molecule has 0 saturated heterocycles. The summed E-state index contributed by atoms with van der Waals surface area (Å²) in [5.74, 6) is -2.13. The number of amides is 2. The van der Waals surface area contributed by atoms with Crippen LogP contribution in [0.15, 0.2) is 18.2 Å². The van der Waals surface area contributed by atoms with E-state index in [0.717, 1.165) is 6.42 Å². The monoisotopic (exact) mass is 342 g/mol. The van der Waals surface area contributed by atoms with Crippen LogP contribution in [0, 0.1) is 0 Å². The molecule has 1 atom stereocenters. The lowest BCUT2D eigenvalue weighted by atomic mass is 10.2. The van der Waals surface area contributed by atoms with Crippen LogP contribution >= 0.6 is 11.6 Å². The molecule has 7 nitrogen and oxygen atoms in total. The van der Waals surface area contributed by atoms with E-state index in [2.05, 4.69) is 10.6 Å². The van der Waals surface area contributed by atoms with Crippen molar-refractivity contribution < 1.29 is 24.2 Å². The van der Waals surface area contributed by atoms with E-state index < -0.39 is 24.5 Å². The van der Waals surface area contributed by atoms with E-state index in [1.165, 1.54) is 25.1 Å². The minimum absolute atomic E-state index is 0.140. The largest absolute Gasteiger partial charge is 0.507 e. The van der Waals surface area contributed by atoms with Crippen molar-refractivity contribution in [2.24, 2.45) is 0 Å². The van der Waals surface area contributed by atoms with Gasteiger partial charge in [-0.05, 0) is 31.5 Å². The van der Waals surface area contributed by atoms with E-state index in [-0.39, 0.29) is 22.2 Å². The van der Waals surface area contributed by atoms with Crippen molar-refractivity contribution in [3.8, 4) is 5.75 Å². The van der Waals surface area contributed by atoms with Gasteiger partial charge in [-0.3, -0.25) is 9.59 Å². The molecule has 0 bridgehead atoms. The molecule has 8 heteroatoms. The summed E-state index contributed by atoms with van der Waals surface area (Å²) >= 11 is 5.73. The van der Waals surface area contributed by atoms with Crippen LogP contribution in [0.2, 0.25) is 5.02 Å². The Labute approximate surface area is 139 Å². The summed E-state index contributed by atoms with van der Waals surface area (Å²) in [6.45, 7) is 3.38. The maximum absolute atomic E-state index is 11.8. The first-order chi connectivity index (χ1) is 10.8. The third-order valence-electron chi connectivity index (χ3n) is 2.83. The first-order valence-electron chi connectivity index (χ1n) is 7.07. The summed E-state index contributed by atoms with van der Waals surface area (Å²) in [5.41, 5.74) is -0.140. The van der Waals surface area contributed by atoms with Gasteiger partial charge in [0.2, 0.25) is 5.91 Å². The molecule has 0 radical (unpaired) electrons. The van der Waals surface area contributed by atoms with E-state index in [1.54, 1.807) is 0 Å². The normalized spacial score (nSPS) is 11.4. The van der Waals surface area contributed by atoms with Gasteiger partial charge in [0.25, 0.3) is 5.91 Å². The molecule has 1 rings (SSSR count). The molecule has 2 amide bonds. The van der Waals surface area contributed by atoms with Crippen molar-refractivity contribution in [2.45, 2.75) is 26.3 Å². The number of hydrogen-bond donors (Lipinski definition) is 3. The molecular weight excluding hydrogens is 324 g/mol. The molecule has 0 unspecified atom stereocenters. The Kier molecular flexibility index (Phi) is 7.34. The SMILES string of the molecule is CCCNC(=O)[C@@H](C)NC(=O)COC(=O)c1cc(Cl)ccc1O. The Balaban J connectivity index is 2.48. The smallest absolute Gasteiger partial charge is 0.342 e. The number of carbonyl (C=O) groups excluding carboxylic acids is 3. The topological polar surface area (TPSA) is 105 Å². The van der Waals surface area contributed by atoms with Gasteiger partial charge in [0.05, 0.1) is 0 Å². The molecule has 126 valence electrons. The number of aromatic hydroxyl groups is 1. The van der Waals surface area contributed by atoms with Crippen LogP contribution in [0.4, 0.5) is 0 Å². The molecule has 0 aliphatic heterocycles. The Morgan fingerprint density at radius 1 is 1.35 bits per heavy atom. The lowest BCUT2D eigenvalue weighted by Crippen LogP contribution is -2.46. The predicted molar refractivity (Wildman–Crippen MR) is 84.3 cm³/mol. The summed E-state index contributed by atoms with van der Waals surface area (Å²) in [5, 5.41) is 14.8. The fraction of sp³-hybridized carbons (Fsp3) is 0.400. The van der Waals surface area contributed by atoms with Crippen LogP contribution in [-0.4, -0.2) is 42.1 Å². The average molecular weight is 343 g/mol. The number of nitrogens with one attached hydrogen (secondary N) is 2. The molecule has 0 aliphatic rings. The third-order valence-corrected chi connectivity index (χ3v) is 3.07. The van der Waals surface area contributed by atoms with E-state index >= 15 is 0 Å². The van der Waals surface area contributed by atoms with Gasteiger partial charge in [-0.2, -0.15) is 0 Å². The molecule has 0 aliphatic carbocycles. The first-order valence-corrected chi connectivity index (χ1v) is 7.45. The maximum atomic E-state index is 11.8. The van der Waals surface area contributed by atoms with Gasteiger partial charge in [-0.1, -0.05) is 18.5 Å². The Morgan fingerprint density at radius 2 is 2.04 bits per heavy atom. The highest BCUT2D eigenvalue weighted by Gasteiger charge is 2.18. The van der Waals surface area contributed by atoms with Crippen molar-refractivity contribution in [3.63, 3.8) is 0 Å². The Hall–Kier alpha value is -2.28. The maximum Gasteiger partial charge on any atom is 0.342 e. The van der Waals surface area contributed by atoms with Gasteiger partial charge in [-0.15, -0.1) is 0 Å². The number of ether oxygens (including phenoxy) is 1. The highest BCUT2D eigenvalue weighted by atomic mass is 35.5. The summed E-state index contributed by atoms with van der Waals surface area (Å²) in [7, 11) is 0. The van der Waals surface area contributed by atoms with Crippen LogP contribution in [0.5, 0.6) is 5.75 Å². The molecule has 1 aromatic carbocycles. The van der Waals surface area contributed by atoms with Crippen LogP contribution in [0.25, 0.3) is 0 Å². The zero-order valence-electron chi connectivity index (χ0n) is 12.9. The predicted octanol–water partition coefficient (Wildman–Crippen LogP) is 1.23. The van der Waals surface area contributed by atoms with Crippen molar-refractivity contribution in [3.05, 3.63) is 28.8 Å². The average Bonchev–Trinajstić information content (AvgIpc) is 2.52.